The number of hydrogen-bond donors (Lipinski definition) is 2. The highest BCUT2D eigenvalue weighted by atomic mass is 79.9. The molecule has 0 heterocycles. The Morgan fingerprint density at radius 2 is 2.19 bits per heavy atom. The van der Waals surface area contributed by atoms with Crippen molar-refractivity contribution in [1.29, 1.82) is 0 Å². The Kier molecular flexibility index (Phi) is 4.89. The Hall–Kier alpha value is -0.940. The molecular weight excluding hydrogens is 279 g/mol. The molecule has 0 fully saturated rings. The molecule has 0 aromatic heterocycles. The molecule has 0 aliphatic rings. The Bertz CT molecular complexity index is 381. The van der Waals surface area contributed by atoms with E-state index in [2.05, 4.69) is 15.9 Å². The van der Waals surface area contributed by atoms with Crippen molar-refractivity contribution in [2.75, 3.05) is 0 Å². The number of carbonyl (C=O) groups is 1. The molecule has 1 rings (SSSR count). The molecule has 1 unspecified atom stereocenters. The van der Waals surface area contributed by atoms with Gasteiger partial charge in [0.25, 0.3) is 0 Å². The summed E-state index contributed by atoms with van der Waals surface area (Å²) >= 11 is 3.03. The summed E-state index contributed by atoms with van der Waals surface area (Å²) in [6, 6.07) is 4.26. The molecule has 0 aliphatic heterocycles. The number of benzene rings is 1. The van der Waals surface area contributed by atoms with Crippen LogP contribution in [0.2, 0.25) is 0 Å². The molecule has 0 aliphatic carbocycles. The van der Waals surface area contributed by atoms with Crippen LogP contribution >= 0.6 is 15.9 Å². The third-order valence-electron chi connectivity index (χ3n) is 2.20. The van der Waals surface area contributed by atoms with Crippen molar-refractivity contribution in [1.82, 2.24) is 0 Å². The van der Waals surface area contributed by atoms with E-state index in [1.807, 2.05) is 0 Å². The average Bonchev–Trinajstić information content (AvgIpc) is 2.21. The Morgan fingerprint density at radius 1 is 1.50 bits per heavy atom. The number of rotatable bonds is 5. The van der Waals surface area contributed by atoms with Crippen LogP contribution in [0.1, 0.15) is 30.9 Å². The Balaban J connectivity index is 2.55. The van der Waals surface area contributed by atoms with Crippen LogP contribution in [0.3, 0.4) is 0 Å². The molecule has 1 aromatic rings. The zero-order valence-corrected chi connectivity index (χ0v) is 10.1. The van der Waals surface area contributed by atoms with E-state index in [0.29, 0.717) is 22.9 Å². The van der Waals surface area contributed by atoms with Gasteiger partial charge < -0.3 is 10.2 Å². The van der Waals surface area contributed by atoms with E-state index in [9.17, 15) is 14.3 Å². The molecule has 3 nitrogen and oxygen atoms in total. The van der Waals surface area contributed by atoms with Gasteiger partial charge in [0.1, 0.15) is 5.82 Å². The lowest BCUT2D eigenvalue weighted by atomic mass is 10.0. The lowest BCUT2D eigenvalue weighted by molar-refractivity contribution is -0.137. The fourth-order valence-corrected chi connectivity index (χ4v) is 1.73. The highest BCUT2D eigenvalue weighted by Gasteiger charge is 2.10. The molecule has 16 heavy (non-hydrogen) atoms. The second-order valence-electron chi connectivity index (χ2n) is 3.48. The maximum atomic E-state index is 12.9. The summed E-state index contributed by atoms with van der Waals surface area (Å²) in [5, 5.41) is 18.2. The molecular formula is C11H12BrFO3. The van der Waals surface area contributed by atoms with Gasteiger partial charge in [0.05, 0.1) is 10.6 Å². The molecule has 88 valence electrons. The van der Waals surface area contributed by atoms with Crippen LogP contribution in [0.15, 0.2) is 22.7 Å². The highest BCUT2D eigenvalue weighted by molar-refractivity contribution is 9.10. The lowest BCUT2D eigenvalue weighted by Gasteiger charge is -2.10. The van der Waals surface area contributed by atoms with Crippen LogP contribution in [-0.2, 0) is 4.79 Å². The normalized spacial score (nSPS) is 12.4. The quantitative estimate of drug-likeness (QED) is 0.877. The first kappa shape index (κ1) is 13.1. The number of carboxylic acids is 1. The van der Waals surface area contributed by atoms with E-state index < -0.39 is 12.1 Å². The van der Waals surface area contributed by atoms with Gasteiger partial charge in [-0.05, 0) is 46.5 Å². The number of aliphatic hydroxyl groups is 1. The minimum Gasteiger partial charge on any atom is -0.481 e. The van der Waals surface area contributed by atoms with Crippen LogP contribution in [0.4, 0.5) is 4.39 Å². The zero-order valence-electron chi connectivity index (χ0n) is 8.49. The molecule has 2 N–H and O–H groups in total. The van der Waals surface area contributed by atoms with Gasteiger partial charge in [-0.1, -0.05) is 6.07 Å². The van der Waals surface area contributed by atoms with Gasteiger partial charge in [0.15, 0.2) is 0 Å². The third kappa shape index (κ3) is 3.90. The van der Waals surface area contributed by atoms with Crippen molar-refractivity contribution in [2.24, 2.45) is 0 Å². The van der Waals surface area contributed by atoms with Gasteiger partial charge in [-0.15, -0.1) is 0 Å². The smallest absolute Gasteiger partial charge is 0.303 e. The summed E-state index contributed by atoms with van der Waals surface area (Å²) < 4.78 is 13.2. The van der Waals surface area contributed by atoms with Crippen molar-refractivity contribution in [3.05, 3.63) is 34.1 Å². The summed E-state index contributed by atoms with van der Waals surface area (Å²) in [7, 11) is 0. The minimum absolute atomic E-state index is 0.0272. The van der Waals surface area contributed by atoms with Crippen molar-refractivity contribution < 1.29 is 19.4 Å². The first-order valence-electron chi connectivity index (χ1n) is 4.85. The maximum absolute atomic E-state index is 12.9. The predicted molar refractivity (Wildman–Crippen MR) is 60.5 cm³/mol. The van der Waals surface area contributed by atoms with Gasteiger partial charge in [0, 0.05) is 6.42 Å². The fraction of sp³-hybridized carbons (Fsp3) is 0.364. The molecule has 0 bridgehead atoms. The molecule has 0 amide bonds. The topological polar surface area (TPSA) is 57.5 Å². The van der Waals surface area contributed by atoms with E-state index in [1.165, 1.54) is 18.2 Å². The van der Waals surface area contributed by atoms with Crippen molar-refractivity contribution in [3.63, 3.8) is 0 Å². The fourth-order valence-electron chi connectivity index (χ4n) is 1.33. The Morgan fingerprint density at radius 3 is 2.75 bits per heavy atom. The monoisotopic (exact) mass is 290 g/mol. The molecule has 5 heteroatoms. The number of aliphatic hydroxyl groups excluding tert-OH is 1. The molecule has 1 atom stereocenters. The van der Waals surface area contributed by atoms with E-state index in [-0.39, 0.29) is 12.2 Å². The van der Waals surface area contributed by atoms with Crippen molar-refractivity contribution in [3.8, 4) is 0 Å². The van der Waals surface area contributed by atoms with Gasteiger partial charge in [-0.25, -0.2) is 4.39 Å². The number of carboxylic acid groups (broad SMARTS) is 1. The zero-order chi connectivity index (χ0) is 12.1. The number of aliphatic carboxylic acids is 1. The summed E-state index contributed by atoms with van der Waals surface area (Å²) in [6.45, 7) is 0. The summed E-state index contributed by atoms with van der Waals surface area (Å²) in [5.74, 6) is -1.27. The maximum Gasteiger partial charge on any atom is 0.303 e. The molecule has 0 saturated heterocycles. The van der Waals surface area contributed by atoms with E-state index in [4.69, 9.17) is 5.11 Å². The molecule has 0 saturated carbocycles. The van der Waals surface area contributed by atoms with Crippen LogP contribution in [0.5, 0.6) is 0 Å². The first-order valence-corrected chi connectivity index (χ1v) is 5.65. The van der Waals surface area contributed by atoms with Crippen LogP contribution in [-0.4, -0.2) is 16.2 Å². The van der Waals surface area contributed by atoms with Crippen LogP contribution in [0, 0.1) is 5.82 Å². The number of hydrogen-bond acceptors (Lipinski definition) is 2. The second-order valence-corrected chi connectivity index (χ2v) is 4.33. The second kappa shape index (κ2) is 5.96. The van der Waals surface area contributed by atoms with Crippen molar-refractivity contribution in [2.45, 2.75) is 25.4 Å². The van der Waals surface area contributed by atoms with Crippen molar-refractivity contribution >= 4 is 21.9 Å². The van der Waals surface area contributed by atoms with Gasteiger partial charge in [0.2, 0.25) is 0 Å². The van der Waals surface area contributed by atoms with E-state index in [0.717, 1.165) is 0 Å². The summed E-state index contributed by atoms with van der Waals surface area (Å²) in [4.78, 5) is 10.3. The Labute approximate surface area is 101 Å². The minimum atomic E-state index is -0.882. The van der Waals surface area contributed by atoms with Gasteiger partial charge in [-0.3, -0.25) is 4.79 Å². The first-order chi connectivity index (χ1) is 7.50. The molecule has 0 radical (unpaired) electrons. The van der Waals surface area contributed by atoms with Crippen LogP contribution < -0.4 is 0 Å². The van der Waals surface area contributed by atoms with Gasteiger partial charge in [-0.2, -0.15) is 0 Å². The van der Waals surface area contributed by atoms with E-state index in [1.54, 1.807) is 0 Å². The average molecular weight is 291 g/mol. The standard InChI is InChI=1S/C11H12BrFO3/c12-8-6-7(4-5-9(8)13)10(14)2-1-3-11(15)16/h4-6,10,14H,1-3H2,(H,15,16). The number of halogens is 2. The van der Waals surface area contributed by atoms with Gasteiger partial charge >= 0.3 is 5.97 Å². The summed E-state index contributed by atoms with van der Waals surface area (Å²) in [6.07, 6.45) is 0.0196. The van der Waals surface area contributed by atoms with E-state index >= 15 is 0 Å². The molecule has 0 spiro atoms. The predicted octanol–water partition coefficient (Wildman–Crippen LogP) is 2.88. The summed E-state index contributed by atoms with van der Waals surface area (Å²) in [5.41, 5.74) is 0.582. The third-order valence-corrected chi connectivity index (χ3v) is 2.80. The van der Waals surface area contributed by atoms with Crippen LogP contribution in [0.25, 0.3) is 0 Å². The highest BCUT2D eigenvalue weighted by Crippen LogP contribution is 2.24. The lowest BCUT2D eigenvalue weighted by Crippen LogP contribution is -2.01. The SMILES string of the molecule is O=C(O)CCCC(O)c1ccc(F)c(Br)c1. The largest absolute Gasteiger partial charge is 0.481 e. The molecule has 1 aromatic carbocycles.